The molecule has 3 aliphatic rings. The monoisotopic (exact) mass is 280 g/mol. The summed E-state index contributed by atoms with van der Waals surface area (Å²) >= 11 is 0. The fourth-order valence-corrected chi connectivity index (χ4v) is 4.32. The van der Waals surface area contributed by atoms with Crippen LogP contribution in [-0.4, -0.2) is 47.2 Å². The van der Waals surface area contributed by atoms with Crippen LogP contribution in [0, 0.1) is 11.8 Å². The zero-order chi connectivity index (χ0) is 14.1. The van der Waals surface area contributed by atoms with Crippen molar-refractivity contribution in [3.05, 3.63) is 0 Å². The van der Waals surface area contributed by atoms with E-state index in [1.807, 2.05) is 6.92 Å². The van der Waals surface area contributed by atoms with Gasteiger partial charge in [0.15, 0.2) is 0 Å². The normalized spacial score (nSPS) is 36.8. The maximum Gasteiger partial charge on any atom is 0.237 e. The van der Waals surface area contributed by atoms with Crippen molar-refractivity contribution in [2.45, 2.75) is 70.1 Å². The molecule has 20 heavy (non-hydrogen) atoms. The first-order valence-electron chi connectivity index (χ1n) is 8.37. The molecule has 0 spiro atoms. The lowest BCUT2D eigenvalue weighted by Crippen LogP contribution is -2.48. The van der Waals surface area contributed by atoms with Crippen LogP contribution in [0.4, 0.5) is 0 Å². The molecule has 4 heteroatoms. The van der Waals surface area contributed by atoms with Gasteiger partial charge in [-0.2, -0.15) is 0 Å². The average molecular weight is 280 g/mol. The smallest absolute Gasteiger partial charge is 0.237 e. The summed E-state index contributed by atoms with van der Waals surface area (Å²) in [5.41, 5.74) is 0. The van der Waals surface area contributed by atoms with E-state index >= 15 is 0 Å². The third-order valence-electron chi connectivity index (χ3n) is 5.73. The molecule has 1 amide bonds. The molecule has 0 aromatic carbocycles. The molecule has 1 saturated heterocycles. The number of amides is 1. The summed E-state index contributed by atoms with van der Waals surface area (Å²) in [4.78, 5) is 14.7. The van der Waals surface area contributed by atoms with E-state index in [-0.39, 0.29) is 18.1 Å². The van der Waals surface area contributed by atoms with Crippen LogP contribution in [0.2, 0.25) is 0 Å². The highest BCUT2D eigenvalue weighted by Crippen LogP contribution is 2.38. The van der Waals surface area contributed by atoms with E-state index in [1.54, 1.807) is 0 Å². The van der Waals surface area contributed by atoms with E-state index in [9.17, 15) is 9.90 Å². The molecule has 3 rings (SSSR count). The quantitative estimate of drug-likeness (QED) is 0.824. The van der Waals surface area contributed by atoms with E-state index in [0.29, 0.717) is 17.9 Å². The van der Waals surface area contributed by atoms with E-state index in [0.717, 1.165) is 38.8 Å². The lowest BCUT2D eigenvalue weighted by Gasteiger charge is -2.28. The van der Waals surface area contributed by atoms with Crippen molar-refractivity contribution in [3.63, 3.8) is 0 Å². The molecule has 3 fully saturated rings. The predicted molar refractivity (Wildman–Crippen MR) is 78.3 cm³/mol. The van der Waals surface area contributed by atoms with Crippen molar-refractivity contribution >= 4 is 5.91 Å². The summed E-state index contributed by atoms with van der Waals surface area (Å²) < 4.78 is 0. The summed E-state index contributed by atoms with van der Waals surface area (Å²) in [7, 11) is 0. The number of hydrogen-bond acceptors (Lipinski definition) is 3. The van der Waals surface area contributed by atoms with Crippen LogP contribution in [0.25, 0.3) is 0 Å². The summed E-state index contributed by atoms with van der Waals surface area (Å²) in [5, 5.41) is 13.2. The minimum atomic E-state index is -0.140. The number of rotatable bonds is 3. The van der Waals surface area contributed by atoms with Crippen LogP contribution in [-0.2, 0) is 4.79 Å². The van der Waals surface area contributed by atoms with Gasteiger partial charge in [0, 0.05) is 25.0 Å². The van der Waals surface area contributed by atoms with Crippen molar-refractivity contribution in [2.24, 2.45) is 11.8 Å². The average Bonchev–Trinajstić information content (AvgIpc) is 3.02. The Hall–Kier alpha value is -0.610. The van der Waals surface area contributed by atoms with Gasteiger partial charge in [-0.25, -0.2) is 0 Å². The zero-order valence-electron chi connectivity index (χ0n) is 12.6. The fraction of sp³-hybridized carbons (Fsp3) is 0.938. The number of aliphatic hydroxyl groups is 1. The molecule has 114 valence electrons. The van der Waals surface area contributed by atoms with Crippen LogP contribution in [0.3, 0.4) is 0 Å². The number of carbonyl (C=O) groups is 1. The van der Waals surface area contributed by atoms with Crippen molar-refractivity contribution in [3.8, 4) is 0 Å². The number of likely N-dealkylation sites (tertiary alicyclic amines) is 1. The molecule has 2 aliphatic carbocycles. The predicted octanol–water partition coefficient (Wildman–Crippen LogP) is 1.53. The highest BCUT2D eigenvalue weighted by Gasteiger charge is 2.44. The summed E-state index contributed by atoms with van der Waals surface area (Å²) in [6.07, 6.45) is 8.03. The van der Waals surface area contributed by atoms with E-state index in [2.05, 4.69) is 10.2 Å². The summed E-state index contributed by atoms with van der Waals surface area (Å²) in [6, 6.07) is 0.348. The van der Waals surface area contributed by atoms with Gasteiger partial charge >= 0.3 is 0 Å². The van der Waals surface area contributed by atoms with Gasteiger partial charge in [0.05, 0.1) is 12.1 Å². The number of nitrogens with zero attached hydrogens (tertiary/aromatic N) is 1. The van der Waals surface area contributed by atoms with Crippen molar-refractivity contribution in [1.82, 2.24) is 10.2 Å². The molecule has 0 aromatic heterocycles. The Morgan fingerprint density at radius 3 is 2.60 bits per heavy atom. The van der Waals surface area contributed by atoms with E-state index in [4.69, 9.17) is 0 Å². The number of aliphatic hydroxyl groups excluding tert-OH is 1. The molecule has 0 radical (unpaired) electrons. The highest BCUT2D eigenvalue weighted by molar-refractivity contribution is 5.81. The first-order chi connectivity index (χ1) is 9.65. The molecule has 4 atom stereocenters. The van der Waals surface area contributed by atoms with Crippen molar-refractivity contribution in [2.75, 3.05) is 13.1 Å². The fourth-order valence-electron chi connectivity index (χ4n) is 4.32. The third kappa shape index (κ3) is 2.86. The Labute approximate surface area is 121 Å². The maximum atomic E-state index is 12.4. The van der Waals surface area contributed by atoms with Crippen LogP contribution in [0.1, 0.15) is 51.9 Å². The standard InChI is InChI=1S/C16H28N2O2/c1-11(16(20)17-13-5-3-2-4-6-13)18-9-12-7-8-15(19)14(12)10-18/h11-15,19H,2-10H2,1H3,(H,17,20). The van der Waals surface area contributed by atoms with Gasteiger partial charge in [0.25, 0.3) is 0 Å². The van der Waals surface area contributed by atoms with Gasteiger partial charge in [-0.15, -0.1) is 0 Å². The molecule has 4 nitrogen and oxygen atoms in total. The Bertz CT molecular complexity index is 354. The number of nitrogens with one attached hydrogen (secondary N) is 1. The lowest BCUT2D eigenvalue weighted by molar-refractivity contribution is -0.126. The molecule has 0 bridgehead atoms. The lowest BCUT2D eigenvalue weighted by atomic mass is 9.95. The Morgan fingerprint density at radius 1 is 1.15 bits per heavy atom. The third-order valence-corrected chi connectivity index (χ3v) is 5.73. The van der Waals surface area contributed by atoms with E-state index < -0.39 is 0 Å². The number of carbonyl (C=O) groups excluding carboxylic acids is 1. The minimum Gasteiger partial charge on any atom is -0.393 e. The van der Waals surface area contributed by atoms with Crippen LogP contribution < -0.4 is 5.32 Å². The molecule has 0 aromatic rings. The molecular weight excluding hydrogens is 252 g/mol. The molecule has 2 N–H and O–H groups in total. The Balaban J connectivity index is 1.51. The van der Waals surface area contributed by atoms with Crippen LogP contribution in [0.5, 0.6) is 0 Å². The van der Waals surface area contributed by atoms with Gasteiger partial charge in [-0.05, 0) is 38.5 Å². The molecule has 4 unspecified atom stereocenters. The highest BCUT2D eigenvalue weighted by atomic mass is 16.3. The molecule has 2 saturated carbocycles. The Kier molecular flexibility index (Phi) is 4.32. The second kappa shape index (κ2) is 6.02. The SMILES string of the molecule is CC(C(=O)NC1CCCCC1)N1CC2CCC(O)C2C1. The summed E-state index contributed by atoms with van der Waals surface area (Å²) in [5.74, 6) is 1.20. The van der Waals surface area contributed by atoms with Gasteiger partial charge in [0.1, 0.15) is 0 Å². The van der Waals surface area contributed by atoms with Crippen LogP contribution >= 0.6 is 0 Å². The van der Waals surface area contributed by atoms with Crippen molar-refractivity contribution in [1.29, 1.82) is 0 Å². The zero-order valence-corrected chi connectivity index (χ0v) is 12.6. The van der Waals surface area contributed by atoms with Gasteiger partial charge in [-0.3, -0.25) is 9.69 Å². The van der Waals surface area contributed by atoms with E-state index in [1.165, 1.54) is 19.3 Å². The molecule has 1 aliphatic heterocycles. The number of hydrogen-bond donors (Lipinski definition) is 2. The molecule has 1 heterocycles. The number of fused-ring (bicyclic) bond motifs is 1. The second-order valence-corrected chi connectivity index (χ2v) is 7.04. The first-order valence-corrected chi connectivity index (χ1v) is 8.37. The minimum absolute atomic E-state index is 0.0465. The largest absolute Gasteiger partial charge is 0.393 e. The van der Waals surface area contributed by atoms with Crippen molar-refractivity contribution < 1.29 is 9.90 Å². The van der Waals surface area contributed by atoms with Gasteiger partial charge in [-0.1, -0.05) is 19.3 Å². The molecular formula is C16H28N2O2. The second-order valence-electron chi connectivity index (χ2n) is 7.04. The van der Waals surface area contributed by atoms with Crippen LogP contribution in [0.15, 0.2) is 0 Å². The van der Waals surface area contributed by atoms with Gasteiger partial charge < -0.3 is 10.4 Å². The first kappa shape index (κ1) is 14.3. The van der Waals surface area contributed by atoms with Gasteiger partial charge in [0.2, 0.25) is 5.91 Å². The summed E-state index contributed by atoms with van der Waals surface area (Å²) in [6.45, 7) is 3.90. The maximum absolute atomic E-state index is 12.4. The Morgan fingerprint density at radius 2 is 1.90 bits per heavy atom. The topological polar surface area (TPSA) is 52.6 Å².